The fraction of sp³-hybridized carbons (Fsp3) is 0.312. The molecule has 4 aromatic rings. The molecule has 0 radical (unpaired) electrons. The summed E-state index contributed by atoms with van der Waals surface area (Å²) in [6.45, 7) is 6.63. The number of hydroxylamine groups is 1. The van der Waals surface area contributed by atoms with Crippen molar-refractivity contribution in [3.63, 3.8) is 0 Å². The highest BCUT2D eigenvalue weighted by Crippen LogP contribution is 2.24. The second-order valence-electron chi connectivity index (χ2n) is 11.9. The number of ketones is 1. The maximum Gasteiger partial charge on any atom is 0.428 e. The third-order valence-corrected chi connectivity index (χ3v) is 9.89. The molecule has 0 saturated heterocycles. The smallest absolute Gasteiger partial charge is 0.428 e. The number of nitrogens with zero attached hydrogens (tertiary/aromatic N) is 2. The van der Waals surface area contributed by atoms with Crippen LogP contribution in [0.3, 0.4) is 0 Å². The quantitative estimate of drug-likeness (QED) is 0.0289. The van der Waals surface area contributed by atoms with E-state index in [4.69, 9.17) is 9.57 Å². The molecule has 0 bridgehead atoms. The number of sulfonamides is 1. The molecule has 2 amide bonds. The minimum Gasteiger partial charge on any atom is -0.443 e. The predicted octanol–water partition coefficient (Wildman–Crippen LogP) is 4.13. The number of halogens is 1. The summed E-state index contributed by atoms with van der Waals surface area (Å²) in [5, 5.41) is 6.51. The molecule has 0 saturated carbocycles. The van der Waals surface area contributed by atoms with Gasteiger partial charge in [-0.25, -0.2) is 23.6 Å². The second-order valence-corrected chi connectivity index (χ2v) is 15.8. The summed E-state index contributed by atoms with van der Waals surface area (Å²) in [5.74, 6) is -1.51. The lowest BCUT2D eigenvalue weighted by molar-refractivity contribution is -0.121. The first-order chi connectivity index (χ1) is 23.6. The molecule has 1 atom stereocenters. The molecule has 18 heteroatoms. The van der Waals surface area contributed by atoms with Gasteiger partial charge in [0.1, 0.15) is 17.6 Å². The minimum absolute atomic E-state index is 0.00949. The summed E-state index contributed by atoms with van der Waals surface area (Å²) >= 11 is 3.20. The van der Waals surface area contributed by atoms with E-state index < -0.39 is 51.4 Å². The van der Waals surface area contributed by atoms with Gasteiger partial charge < -0.3 is 15.0 Å². The lowest BCUT2D eigenvalue weighted by Gasteiger charge is -2.18. The van der Waals surface area contributed by atoms with E-state index in [1.165, 1.54) is 17.4 Å². The van der Waals surface area contributed by atoms with E-state index in [0.29, 0.717) is 16.8 Å². The van der Waals surface area contributed by atoms with Crippen LogP contribution in [0.4, 0.5) is 10.5 Å². The van der Waals surface area contributed by atoms with E-state index in [1.54, 1.807) is 64.1 Å². The highest BCUT2D eigenvalue weighted by Gasteiger charge is 2.27. The summed E-state index contributed by atoms with van der Waals surface area (Å²) < 4.78 is 35.2. The monoisotopic (exact) mass is 837 g/mol. The van der Waals surface area contributed by atoms with Crippen molar-refractivity contribution in [3.8, 4) is 0 Å². The van der Waals surface area contributed by atoms with Crippen molar-refractivity contribution in [2.75, 3.05) is 11.3 Å². The SMILES string of the molecule is Cc1cc(CC(=O)N[C@@H](CCONC=NNC(=O)OC(C)(C)C)C(=O)c2nc3ccccc3s2)c(NS(=O)(=O)Cc2ccccc2I)c(=O)[nH]1. The number of pyridine rings is 1. The number of anilines is 1. The largest absolute Gasteiger partial charge is 0.443 e. The number of hydrazone groups is 1. The minimum atomic E-state index is -4.06. The maximum absolute atomic E-state index is 13.6. The number of carbonyl (C=O) groups is 3. The van der Waals surface area contributed by atoms with Crippen molar-refractivity contribution >= 4 is 84.0 Å². The molecule has 0 aliphatic carbocycles. The van der Waals surface area contributed by atoms with Crippen molar-refractivity contribution in [1.29, 1.82) is 0 Å². The Kier molecular flexibility index (Phi) is 13.1. The Hall–Kier alpha value is -4.40. The third kappa shape index (κ3) is 11.6. The Balaban J connectivity index is 1.47. The number of benzene rings is 2. The molecule has 266 valence electrons. The van der Waals surface area contributed by atoms with Crippen LogP contribution in [-0.4, -0.2) is 60.8 Å². The lowest BCUT2D eigenvalue weighted by atomic mass is 10.1. The molecule has 2 aromatic carbocycles. The molecular weight excluding hydrogens is 801 g/mol. The number of Topliss-reactive ketones (excluding diaryl/α,β-unsaturated/α-hetero) is 1. The number of amides is 2. The molecule has 0 fully saturated rings. The summed E-state index contributed by atoms with van der Waals surface area (Å²) in [6, 6.07) is 14.5. The molecule has 2 heterocycles. The first-order valence-electron chi connectivity index (χ1n) is 15.1. The number of ether oxygens (including phenoxy) is 1. The Labute approximate surface area is 305 Å². The average Bonchev–Trinajstić information content (AvgIpc) is 3.46. The van der Waals surface area contributed by atoms with Gasteiger partial charge in [-0.2, -0.15) is 5.10 Å². The third-order valence-electron chi connectivity index (χ3n) is 6.58. The molecule has 2 aromatic heterocycles. The van der Waals surface area contributed by atoms with E-state index in [2.05, 4.69) is 36.0 Å². The predicted molar refractivity (Wildman–Crippen MR) is 198 cm³/mol. The number of H-pyrrole nitrogens is 1. The van der Waals surface area contributed by atoms with E-state index in [1.807, 2.05) is 34.7 Å². The fourth-order valence-corrected chi connectivity index (χ4v) is 7.58. The van der Waals surface area contributed by atoms with Crippen LogP contribution in [0.15, 0.2) is 64.5 Å². The molecule has 0 aliphatic rings. The zero-order valence-corrected chi connectivity index (χ0v) is 31.3. The van der Waals surface area contributed by atoms with E-state index >= 15 is 0 Å². The molecule has 5 N–H and O–H groups in total. The van der Waals surface area contributed by atoms with Crippen LogP contribution in [0.2, 0.25) is 0 Å². The van der Waals surface area contributed by atoms with E-state index in [9.17, 15) is 27.6 Å². The summed E-state index contributed by atoms with van der Waals surface area (Å²) in [7, 11) is -4.06. The molecular formula is C32H36IN7O8S2. The van der Waals surface area contributed by atoms with Gasteiger partial charge in [0.05, 0.1) is 35.0 Å². The van der Waals surface area contributed by atoms with Gasteiger partial charge in [-0.15, -0.1) is 11.3 Å². The molecule has 15 nitrogen and oxygen atoms in total. The van der Waals surface area contributed by atoms with Crippen molar-refractivity contribution < 1.29 is 32.4 Å². The normalized spacial score (nSPS) is 12.4. The molecule has 0 spiro atoms. The van der Waals surface area contributed by atoms with Crippen LogP contribution >= 0.6 is 33.9 Å². The number of aromatic amines is 1. The molecule has 50 heavy (non-hydrogen) atoms. The number of rotatable bonds is 15. The number of fused-ring (bicyclic) bond motifs is 1. The van der Waals surface area contributed by atoms with Gasteiger partial charge in [-0.1, -0.05) is 30.3 Å². The first-order valence-corrected chi connectivity index (χ1v) is 18.7. The highest BCUT2D eigenvalue weighted by atomic mass is 127. The zero-order chi connectivity index (χ0) is 36.5. The van der Waals surface area contributed by atoms with Crippen LogP contribution < -0.4 is 26.5 Å². The zero-order valence-electron chi connectivity index (χ0n) is 27.5. The van der Waals surface area contributed by atoms with Crippen LogP contribution in [-0.2, 0) is 36.6 Å². The Morgan fingerprint density at radius 3 is 2.54 bits per heavy atom. The Morgan fingerprint density at radius 2 is 1.82 bits per heavy atom. The van der Waals surface area contributed by atoms with Crippen molar-refractivity contribution in [2.24, 2.45) is 5.10 Å². The van der Waals surface area contributed by atoms with Gasteiger partial charge in [-0.05, 0) is 85.7 Å². The van der Waals surface area contributed by atoms with Crippen molar-refractivity contribution in [1.82, 2.24) is 26.2 Å². The van der Waals surface area contributed by atoms with Crippen LogP contribution in [0.5, 0.6) is 0 Å². The highest BCUT2D eigenvalue weighted by molar-refractivity contribution is 14.1. The summed E-state index contributed by atoms with van der Waals surface area (Å²) in [4.78, 5) is 64.0. The fourth-order valence-electron chi connectivity index (χ4n) is 4.52. The Morgan fingerprint density at radius 1 is 1.10 bits per heavy atom. The van der Waals surface area contributed by atoms with Crippen molar-refractivity contribution in [2.45, 2.75) is 57.9 Å². The van der Waals surface area contributed by atoms with Gasteiger partial charge in [0.2, 0.25) is 21.7 Å². The maximum atomic E-state index is 13.6. The van der Waals surface area contributed by atoms with Gasteiger partial charge in [0.15, 0.2) is 5.01 Å². The van der Waals surface area contributed by atoms with Crippen LogP contribution in [0.25, 0.3) is 10.2 Å². The molecule has 0 unspecified atom stereocenters. The summed E-state index contributed by atoms with van der Waals surface area (Å²) in [5.41, 5.74) is 4.55. The van der Waals surface area contributed by atoms with Gasteiger partial charge in [-0.3, -0.25) is 29.4 Å². The van der Waals surface area contributed by atoms with Crippen LogP contribution in [0.1, 0.15) is 53.8 Å². The number of aromatic nitrogens is 2. The Bertz CT molecular complexity index is 2030. The topological polar surface area (TPSA) is 210 Å². The number of hydrogen-bond acceptors (Lipinski definition) is 11. The second kappa shape index (κ2) is 17.0. The van der Waals surface area contributed by atoms with Crippen molar-refractivity contribution in [3.05, 3.63) is 90.3 Å². The number of hydrogen-bond donors (Lipinski definition) is 5. The van der Waals surface area contributed by atoms with E-state index in [-0.39, 0.29) is 35.0 Å². The van der Waals surface area contributed by atoms with Gasteiger partial charge in [0.25, 0.3) is 5.56 Å². The molecule has 0 aliphatic heterocycles. The van der Waals surface area contributed by atoms with E-state index in [0.717, 1.165) is 14.6 Å². The number of aryl methyl sites for hydroxylation is 1. The number of para-hydroxylation sites is 1. The number of nitrogens with one attached hydrogen (secondary N) is 5. The van der Waals surface area contributed by atoms with Gasteiger partial charge in [0, 0.05) is 15.7 Å². The first kappa shape index (κ1) is 38.4. The standard InChI is InChI=1S/C32H36IN7O8S2/c1-19-15-21(27(29(43)36-19)40-50(45,46)17-20-9-5-6-10-22(20)33)16-26(41)37-24(28(42)30-38-23-11-7-8-12-25(23)49-30)13-14-47-35-18-34-39-31(44)48-32(2,3)4/h5-12,15,18,24,40H,13-14,16-17H2,1-4H3,(H,34,35)(H,36,43)(H,37,41)(H,39,44)/t24-/m0/s1. The lowest BCUT2D eigenvalue weighted by Crippen LogP contribution is -2.43. The average molecular weight is 838 g/mol. The molecule has 4 rings (SSSR count). The number of carbonyl (C=O) groups excluding carboxylic acids is 3. The number of thiazole rings is 1. The van der Waals surface area contributed by atoms with Gasteiger partial charge >= 0.3 is 6.09 Å². The van der Waals surface area contributed by atoms with Crippen LogP contribution in [0, 0.1) is 10.5 Å². The summed E-state index contributed by atoms with van der Waals surface area (Å²) in [6.07, 6.45) is -0.136.